The number of hydrogen-bond donors (Lipinski definition) is 1. The van der Waals surface area contributed by atoms with Gasteiger partial charge in [-0.05, 0) is 17.5 Å². The number of aromatic nitrogens is 1. The quantitative estimate of drug-likeness (QED) is 0.809. The van der Waals surface area contributed by atoms with Crippen LogP contribution in [0.5, 0.6) is 0 Å². The van der Waals surface area contributed by atoms with Crippen molar-refractivity contribution in [2.45, 2.75) is 12.7 Å². The van der Waals surface area contributed by atoms with Gasteiger partial charge in [-0.3, -0.25) is 9.69 Å². The molecule has 2 aromatic heterocycles. The van der Waals surface area contributed by atoms with Crippen molar-refractivity contribution in [1.82, 2.24) is 15.2 Å². The summed E-state index contributed by atoms with van der Waals surface area (Å²) in [6, 6.07) is 4.80. The minimum atomic E-state index is -4.47. The molecule has 1 amide bonds. The Bertz CT molecular complexity index is 777. The van der Waals surface area contributed by atoms with Crippen molar-refractivity contribution in [1.29, 1.82) is 0 Å². The third kappa shape index (κ3) is 5.33. The summed E-state index contributed by atoms with van der Waals surface area (Å²) in [5.74, 6) is 0.286. The number of alkyl halides is 3. The molecule has 0 bridgehead atoms. The molecule has 0 aliphatic carbocycles. The number of carbonyl (C=O) groups excluding carboxylic acids is 1. The van der Waals surface area contributed by atoms with Crippen LogP contribution in [-0.2, 0) is 17.5 Å². The van der Waals surface area contributed by atoms with Gasteiger partial charge in [0.1, 0.15) is 5.82 Å². The third-order valence-corrected chi connectivity index (χ3v) is 5.38. The van der Waals surface area contributed by atoms with Crippen LogP contribution in [0.4, 0.5) is 19.0 Å². The highest BCUT2D eigenvalue weighted by Crippen LogP contribution is 2.33. The molecule has 0 radical (unpaired) electrons. The molecule has 0 unspecified atom stereocenters. The lowest BCUT2D eigenvalue weighted by molar-refractivity contribution is -0.137. The predicted molar refractivity (Wildman–Crippen MR) is 99.1 cm³/mol. The van der Waals surface area contributed by atoms with Crippen LogP contribution < -0.4 is 10.2 Å². The molecule has 3 rings (SSSR count). The van der Waals surface area contributed by atoms with E-state index in [1.165, 1.54) is 0 Å². The average Bonchev–Trinajstić information content (AvgIpc) is 3.13. The van der Waals surface area contributed by atoms with Gasteiger partial charge in [-0.25, -0.2) is 4.98 Å². The molecule has 1 aliphatic heterocycles. The molecule has 0 spiro atoms. The van der Waals surface area contributed by atoms with Crippen molar-refractivity contribution >= 4 is 34.7 Å². The number of anilines is 1. The van der Waals surface area contributed by atoms with Gasteiger partial charge < -0.3 is 10.2 Å². The smallest absolute Gasteiger partial charge is 0.353 e. The van der Waals surface area contributed by atoms with Crippen LogP contribution in [0.15, 0.2) is 29.8 Å². The van der Waals surface area contributed by atoms with Crippen LogP contribution in [0.1, 0.15) is 10.4 Å². The molecule has 1 aliphatic rings. The number of thiophene rings is 1. The Morgan fingerprint density at radius 2 is 2.04 bits per heavy atom. The Kier molecular flexibility index (Phi) is 6.23. The van der Waals surface area contributed by atoms with Gasteiger partial charge >= 0.3 is 6.18 Å². The largest absolute Gasteiger partial charge is 0.417 e. The normalized spacial score (nSPS) is 15.8. The van der Waals surface area contributed by atoms with E-state index in [1.807, 2.05) is 27.3 Å². The first-order valence-electron chi connectivity index (χ1n) is 8.32. The number of pyridine rings is 1. The minimum Gasteiger partial charge on any atom is -0.353 e. The standard InChI is InChI=1S/C17H18ClF3N4OS/c18-14-8-12(17(19,20)21)9-23-16(14)25-5-3-24(4-6-25)11-15(26)22-10-13-2-1-7-27-13/h1-2,7-9H,3-6,10-11H2,(H,22,26). The van der Waals surface area contributed by atoms with Gasteiger partial charge in [-0.1, -0.05) is 17.7 Å². The van der Waals surface area contributed by atoms with Gasteiger partial charge in [0.25, 0.3) is 0 Å². The maximum absolute atomic E-state index is 12.7. The van der Waals surface area contributed by atoms with Gasteiger partial charge in [0.2, 0.25) is 5.91 Å². The summed E-state index contributed by atoms with van der Waals surface area (Å²) >= 11 is 7.59. The summed E-state index contributed by atoms with van der Waals surface area (Å²) in [5, 5.41) is 4.82. The second kappa shape index (κ2) is 8.45. The van der Waals surface area contributed by atoms with E-state index in [0.29, 0.717) is 38.5 Å². The van der Waals surface area contributed by atoms with Crippen molar-refractivity contribution < 1.29 is 18.0 Å². The molecule has 1 saturated heterocycles. The number of carbonyl (C=O) groups is 1. The number of nitrogens with zero attached hydrogens (tertiary/aromatic N) is 3. The Hall–Kier alpha value is -1.84. The van der Waals surface area contributed by atoms with Crippen LogP contribution in [-0.4, -0.2) is 48.5 Å². The van der Waals surface area contributed by atoms with E-state index in [4.69, 9.17) is 11.6 Å². The summed E-state index contributed by atoms with van der Waals surface area (Å²) in [6.45, 7) is 3.08. The summed E-state index contributed by atoms with van der Waals surface area (Å²) in [4.78, 5) is 20.9. The molecule has 27 heavy (non-hydrogen) atoms. The number of hydrogen-bond acceptors (Lipinski definition) is 5. The van der Waals surface area contributed by atoms with Crippen LogP contribution in [0.2, 0.25) is 5.02 Å². The van der Waals surface area contributed by atoms with Crippen LogP contribution >= 0.6 is 22.9 Å². The SMILES string of the molecule is O=C(CN1CCN(c2ncc(C(F)(F)F)cc2Cl)CC1)NCc1cccs1. The summed E-state index contributed by atoms with van der Waals surface area (Å²) < 4.78 is 38.1. The monoisotopic (exact) mass is 418 g/mol. The lowest BCUT2D eigenvalue weighted by Crippen LogP contribution is -2.49. The lowest BCUT2D eigenvalue weighted by atomic mass is 10.2. The first-order valence-corrected chi connectivity index (χ1v) is 9.58. The van der Waals surface area contributed by atoms with Crippen LogP contribution in [0, 0.1) is 0 Å². The van der Waals surface area contributed by atoms with E-state index in [2.05, 4.69) is 10.3 Å². The van der Waals surface area contributed by atoms with Crippen LogP contribution in [0.25, 0.3) is 0 Å². The minimum absolute atomic E-state index is 0.0213. The number of nitrogens with one attached hydrogen (secondary N) is 1. The third-order valence-electron chi connectivity index (χ3n) is 4.23. The highest BCUT2D eigenvalue weighted by atomic mass is 35.5. The maximum atomic E-state index is 12.7. The first kappa shape index (κ1) is 19.9. The zero-order valence-electron chi connectivity index (χ0n) is 14.3. The fourth-order valence-corrected chi connectivity index (χ4v) is 3.72. The van der Waals surface area contributed by atoms with Gasteiger partial charge in [-0.15, -0.1) is 11.3 Å². The average molecular weight is 419 g/mol. The van der Waals surface area contributed by atoms with Gasteiger partial charge in [-0.2, -0.15) is 13.2 Å². The molecule has 0 atom stereocenters. The van der Waals surface area contributed by atoms with Gasteiger partial charge in [0.05, 0.1) is 23.7 Å². The Labute approximate surface area is 163 Å². The number of amides is 1. The number of halogens is 4. The van der Waals surface area contributed by atoms with Crippen LogP contribution in [0.3, 0.4) is 0 Å². The lowest BCUT2D eigenvalue weighted by Gasteiger charge is -2.35. The fourth-order valence-electron chi connectivity index (χ4n) is 2.79. The van der Waals surface area contributed by atoms with Crippen molar-refractivity contribution in [3.05, 3.63) is 45.2 Å². The molecule has 1 fully saturated rings. The summed E-state index contributed by atoms with van der Waals surface area (Å²) in [7, 11) is 0. The van der Waals surface area contributed by atoms with E-state index in [-0.39, 0.29) is 17.5 Å². The van der Waals surface area contributed by atoms with E-state index in [1.54, 1.807) is 11.3 Å². The fraction of sp³-hybridized carbons (Fsp3) is 0.412. The molecule has 1 N–H and O–H groups in total. The van der Waals surface area contributed by atoms with Gasteiger partial charge in [0, 0.05) is 37.3 Å². The van der Waals surface area contributed by atoms with E-state index in [0.717, 1.165) is 17.1 Å². The molecular formula is C17H18ClF3N4OS. The molecule has 3 heterocycles. The van der Waals surface area contributed by atoms with E-state index in [9.17, 15) is 18.0 Å². The summed E-state index contributed by atoms with van der Waals surface area (Å²) in [6.07, 6.45) is -3.67. The second-order valence-electron chi connectivity index (χ2n) is 6.15. The topological polar surface area (TPSA) is 48.5 Å². The van der Waals surface area contributed by atoms with Crippen molar-refractivity contribution in [2.24, 2.45) is 0 Å². The molecular weight excluding hydrogens is 401 g/mol. The first-order chi connectivity index (χ1) is 12.8. The van der Waals surface area contributed by atoms with Crippen molar-refractivity contribution in [3.63, 3.8) is 0 Å². The Balaban J connectivity index is 1.49. The second-order valence-corrected chi connectivity index (χ2v) is 7.59. The molecule has 0 aromatic carbocycles. The van der Waals surface area contributed by atoms with E-state index >= 15 is 0 Å². The molecule has 0 saturated carbocycles. The highest BCUT2D eigenvalue weighted by Gasteiger charge is 2.32. The van der Waals surface area contributed by atoms with Gasteiger partial charge in [0.15, 0.2) is 0 Å². The zero-order chi connectivity index (χ0) is 19.4. The zero-order valence-corrected chi connectivity index (χ0v) is 15.9. The maximum Gasteiger partial charge on any atom is 0.417 e. The molecule has 10 heteroatoms. The van der Waals surface area contributed by atoms with Crippen molar-refractivity contribution in [2.75, 3.05) is 37.6 Å². The Morgan fingerprint density at radius 3 is 2.63 bits per heavy atom. The highest BCUT2D eigenvalue weighted by molar-refractivity contribution is 7.09. The van der Waals surface area contributed by atoms with E-state index < -0.39 is 11.7 Å². The summed E-state index contributed by atoms with van der Waals surface area (Å²) in [5.41, 5.74) is -0.864. The Morgan fingerprint density at radius 1 is 1.30 bits per heavy atom. The molecule has 5 nitrogen and oxygen atoms in total. The number of piperazine rings is 1. The van der Waals surface area contributed by atoms with Crippen molar-refractivity contribution in [3.8, 4) is 0 Å². The molecule has 2 aromatic rings. The predicted octanol–water partition coefficient (Wildman–Crippen LogP) is 3.25. The number of rotatable bonds is 5. The molecule has 146 valence electrons.